The zero-order chi connectivity index (χ0) is 21.2. The Labute approximate surface area is 195 Å². The van der Waals surface area contributed by atoms with Crippen molar-refractivity contribution in [3.8, 4) is 0 Å². The number of hydrogen-bond acceptors (Lipinski definition) is 0. The van der Waals surface area contributed by atoms with Crippen molar-refractivity contribution in [2.45, 2.75) is 6.54 Å². The van der Waals surface area contributed by atoms with Crippen LogP contribution in [0.1, 0.15) is 5.56 Å². The Balaban J connectivity index is 0.000000245. The Morgan fingerprint density at radius 3 is 1.06 bits per heavy atom. The van der Waals surface area contributed by atoms with Crippen LogP contribution in [0.4, 0.5) is 0 Å². The highest BCUT2D eigenvalue weighted by Crippen LogP contribution is 2.32. The number of halogens is 1. The SMILES string of the molecule is C[N+](C)(C)Cc1ccccc1.[Cl-].c1ccc(P(c2ccccc2)c2ccccc2)cc1. The molecule has 0 amide bonds. The van der Waals surface area contributed by atoms with Crippen LogP contribution in [0.2, 0.25) is 0 Å². The van der Waals surface area contributed by atoms with Gasteiger partial charge in [-0.25, -0.2) is 0 Å². The average Bonchev–Trinajstić information content (AvgIpc) is 2.76. The minimum absolute atomic E-state index is 0. The molecule has 1 nitrogen and oxygen atoms in total. The number of benzene rings is 4. The van der Waals surface area contributed by atoms with Gasteiger partial charge in [0.05, 0.1) is 21.1 Å². The van der Waals surface area contributed by atoms with Crippen molar-refractivity contribution >= 4 is 23.8 Å². The Hall–Kier alpha value is -2.44. The second kappa shape index (κ2) is 12.4. The summed E-state index contributed by atoms with van der Waals surface area (Å²) in [5.41, 5.74) is 1.40. The monoisotopic (exact) mass is 447 g/mol. The largest absolute Gasteiger partial charge is 1.00 e. The van der Waals surface area contributed by atoms with Crippen molar-refractivity contribution in [1.29, 1.82) is 0 Å². The Morgan fingerprint density at radius 1 is 0.484 bits per heavy atom. The summed E-state index contributed by atoms with van der Waals surface area (Å²) in [4.78, 5) is 0. The predicted octanol–water partition coefficient (Wildman–Crippen LogP) is 2.34. The molecule has 0 bridgehead atoms. The van der Waals surface area contributed by atoms with Crippen LogP contribution in [0, 0.1) is 0 Å². The minimum atomic E-state index is -0.446. The summed E-state index contributed by atoms with van der Waals surface area (Å²) in [5.74, 6) is 0. The van der Waals surface area contributed by atoms with Gasteiger partial charge in [-0.1, -0.05) is 121 Å². The molecule has 4 aromatic carbocycles. The molecule has 0 aliphatic rings. The van der Waals surface area contributed by atoms with Crippen LogP contribution in [-0.4, -0.2) is 25.6 Å². The van der Waals surface area contributed by atoms with Gasteiger partial charge in [0.1, 0.15) is 6.54 Å². The molecule has 0 saturated carbocycles. The van der Waals surface area contributed by atoms with E-state index in [2.05, 4.69) is 142 Å². The fraction of sp³-hybridized carbons (Fsp3) is 0.143. The highest BCUT2D eigenvalue weighted by molar-refractivity contribution is 7.79. The van der Waals surface area contributed by atoms with Crippen molar-refractivity contribution in [2.24, 2.45) is 0 Å². The van der Waals surface area contributed by atoms with Gasteiger partial charge in [-0.05, 0) is 23.8 Å². The fourth-order valence-electron chi connectivity index (χ4n) is 3.31. The molecule has 0 N–H and O–H groups in total. The van der Waals surface area contributed by atoms with Crippen LogP contribution in [0.15, 0.2) is 121 Å². The van der Waals surface area contributed by atoms with E-state index >= 15 is 0 Å². The second-order valence-corrected chi connectivity index (χ2v) is 10.5. The molecule has 160 valence electrons. The zero-order valence-electron chi connectivity index (χ0n) is 18.5. The van der Waals surface area contributed by atoms with E-state index in [9.17, 15) is 0 Å². The van der Waals surface area contributed by atoms with E-state index in [0.717, 1.165) is 11.0 Å². The molecular formula is C28H31ClNP. The van der Waals surface area contributed by atoms with Gasteiger partial charge in [-0.15, -0.1) is 0 Å². The van der Waals surface area contributed by atoms with Crippen LogP contribution in [0.3, 0.4) is 0 Å². The molecule has 0 radical (unpaired) electrons. The lowest BCUT2D eigenvalue weighted by Gasteiger charge is -2.23. The molecule has 0 atom stereocenters. The summed E-state index contributed by atoms with van der Waals surface area (Å²) in [6.45, 7) is 1.10. The van der Waals surface area contributed by atoms with Crippen molar-refractivity contribution in [2.75, 3.05) is 21.1 Å². The van der Waals surface area contributed by atoms with E-state index in [-0.39, 0.29) is 12.4 Å². The Morgan fingerprint density at radius 2 is 0.774 bits per heavy atom. The molecule has 0 heterocycles. The van der Waals surface area contributed by atoms with Gasteiger partial charge in [0.25, 0.3) is 0 Å². The molecule has 4 rings (SSSR count). The maximum absolute atomic E-state index is 2.23. The topological polar surface area (TPSA) is 0 Å². The quantitative estimate of drug-likeness (QED) is 0.325. The first-order valence-electron chi connectivity index (χ1n) is 10.3. The molecule has 0 fully saturated rings. The molecular weight excluding hydrogens is 417 g/mol. The number of quaternary nitrogens is 1. The molecule has 0 saturated heterocycles. The lowest BCUT2D eigenvalue weighted by molar-refractivity contribution is -0.884. The summed E-state index contributed by atoms with van der Waals surface area (Å²) >= 11 is 0. The van der Waals surface area contributed by atoms with Crippen LogP contribution >= 0.6 is 7.92 Å². The summed E-state index contributed by atoms with van der Waals surface area (Å²) in [6, 6.07) is 42.9. The third-order valence-electron chi connectivity index (χ3n) is 4.54. The minimum Gasteiger partial charge on any atom is -1.00 e. The highest BCUT2D eigenvalue weighted by Gasteiger charge is 2.15. The lowest BCUT2D eigenvalue weighted by atomic mass is 10.2. The molecule has 0 aliphatic heterocycles. The van der Waals surface area contributed by atoms with Crippen LogP contribution in [0.25, 0.3) is 0 Å². The molecule has 3 heteroatoms. The molecule has 31 heavy (non-hydrogen) atoms. The molecule has 0 aliphatic carbocycles. The van der Waals surface area contributed by atoms with Crippen LogP contribution in [-0.2, 0) is 6.54 Å². The van der Waals surface area contributed by atoms with E-state index in [1.165, 1.54) is 21.5 Å². The van der Waals surface area contributed by atoms with E-state index in [1.807, 2.05) is 0 Å². The summed E-state index contributed by atoms with van der Waals surface area (Å²) < 4.78 is 0.990. The first-order valence-corrected chi connectivity index (χ1v) is 11.7. The third kappa shape index (κ3) is 8.31. The fourth-order valence-corrected chi connectivity index (χ4v) is 5.61. The normalized spacial score (nSPS) is 10.6. The van der Waals surface area contributed by atoms with Gasteiger partial charge in [0.15, 0.2) is 0 Å². The van der Waals surface area contributed by atoms with Gasteiger partial charge in [0.2, 0.25) is 0 Å². The predicted molar refractivity (Wildman–Crippen MR) is 133 cm³/mol. The van der Waals surface area contributed by atoms with Gasteiger partial charge in [0, 0.05) is 5.56 Å². The van der Waals surface area contributed by atoms with Crippen LogP contribution in [0.5, 0.6) is 0 Å². The molecule has 0 spiro atoms. The summed E-state index contributed by atoms with van der Waals surface area (Å²) in [6.07, 6.45) is 0. The molecule has 0 aromatic heterocycles. The highest BCUT2D eigenvalue weighted by atomic mass is 35.5. The number of nitrogens with zero attached hydrogens (tertiary/aromatic N) is 1. The lowest BCUT2D eigenvalue weighted by Crippen LogP contribution is -3.00. The van der Waals surface area contributed by atoms with E-state index in [0.29, 0.717) is 0 Å². The number of rotatable bonds is 5. The molecule has 4 aromatic rings. The smallest absolute Gasteiger partial charge is 0.104 e. The number of hydrogen-bond donors (Lipinski definition) is 0. The van der Waals surface area contributed by atoms with Gasteiger partial charge < -0.3 is 16.9 Å². The van der Waals surface area contributed by atoms with Crippen LogP contribution < -0.4 is 28.3 Å². The van der Waals surface area contributed by atoms with Crippen molar-refractivity contribution in [1.82, 2.24) is 0 Å². The average molecular weight is 448 g/mol. The first-order chi connectivity index (χ1) is 14.5. The van der Waals surface area contributed by atoms with Crippen molar-refractivity contribution < 1.29 is 16.9 Å². The van der Waals surface area contributed by atoms with Crippen molar-refractivity contribution in [3.05, 3.63) is 127 Å². The second-order valence-electron chi connectivity index (χ2n) is 8.28. The first kappa shape index (κ1) is 24.8. The maximum atomic E-state index is 2.23. The van der Waals surface area contributed by atoms with E-state index in [4.69, 9.17) is 0 Å². The molecule has 0 unspecified atom stereocenters. The van der Waals surface area contributed by atoms with Gasteiger partial charge in [-0.3, -0.25) is 0 Å². The van der Waals surface area contributed by atoms with Gasteiger partial charge >= 0.3 is 0 Å². The van der Waals surface area contributed by atoms with Crippen molar-refractivity contribution in [3.63, 3.8) is 0 Å². The Kier molecular flexibility index (Phi) is 9.95. The third-order valence-corrected chi connectivity index (χ3v) is 6.99. The maximum Gasteiger partial charge on any atom is 0.104 e. The Bertz CT molecular complexity index is 891. The zero-order valence-corrected chi connectivity index (χ0v) is 20.2. The van der Waals surface area contributed by atoms with E-state index in [1.54, 1.807) is 0 Å². The summed E-state index contributed by atoms with van der Waals surface area (Å²) in [7, 11) is 6.16. The standard InChI is InChI=1S/C18H15P.C10H16N.ClH/c1-4-10-16(11-5-1)19(17-12-6-2-7-13-17)18-14-8-3-9-15-18;1-11(2,3)9-10-7-5-4-6-8-10;/h1-15H;4-8H,9H2,1-3H3;1H/q;+1;/p-1. The van der Waals surface area contributed by atoms with Gasteiger partial charge in [-0.2, -0.15) is 0 Å². The summed E-state index contributed by atoms with van der Waals surface area (Å²) in [5, 5.41) is 4.19. The van der Waals surface area contributed by atoms with E-state index < -0.39 is 7.92 Å².